The Labute approximate surface area is 218 Å². The first kappa shape index (κ1) is 25.9. The van der Waals surface area contributed by atoms with Gasteiger partial charge >= 0.3 is 0 Å². The molecule has 0 heterocycles. The fourth-order valence-corrected chi connectivity index (χ4v) is 3.91. The van der Waals surface area contributed by atoms with Crippen molar-refractivity contribution in [3.05, 3.63) is 113 Å². The predicted molar refractivity (Wildman–Crippen MR) is 143 cm³/mol. The van der Waals surface area contributed by atoms with E-state index in [1.807, 2.05) is 97.9 Å². The fourth-order valence-electron chi connectivity index (χ4n) is 3.91. The lowest BCUT2D eigenvalue weighted by molar-refractivity contribution is 0.196. The molecule has 0 aliphatic heterocycles. The highest BCUT2D eigenvalue weighted by atomic mass is 16.5. The third kappa shape index (κ3) is 6.74. The van der Waals surface area contributed by atoms with Crippen molar-refractivity contribution in [1.29, 1.82) is 0 Å². The van der Waals surface area contributed by atoms with Crippen LogP contribution in [0.15, 0.2) is 91.0 Å². The Bertz CT molecular complexity index is 1250. The Morgan fingerprint density at radius 3 is 1.92 bits per heavy atom. The highest BCUT2D eigenvalue weighted by Gasteiger charge is 2.20. The van der Waals surface area contributed by atoms with Crippen molar-refractivity contribution >= 4 is 0 Å². The zero-order valence-electron chi connectivity index (χ0n) is 21.3. The first-order valence-corrected chi connectivity index (χ1v) is 12.1. The van der Waals surface area contributed by atoms with E-state index in [1.165, 1.54) is 0 Å². The maximum Gasteiger partial charge on any atom is 0.204 e. The van der Waals surface area contributed by atoms with Crippen molar-refractivity contribution in [1.82, 2.24) is 0 Å². The molecule has 6 nitrogen and oxygen atoms in total. The first-order chi connectivity index (χ1) is 18.1. The molecule has 4 aromatic carbocycles. The number of para-hydroxylation sites is 1. The second kappa shape index (κ2) is 12.7. The topological polar surface area (TPSA) is 66.4 Å². The normalized spacial score (nSPS) is 11.5. The molecule has 1 unspecified atom stereocenters. The van der Waals surface area contributed by atoms with Gasteiger partial charge in [0.05, 0.1) is 20.8 Å². The zero-order chi connectivity index (χ0) is 26.0. The van der Waals surface area contributed by atoms with Crippen molar-refractivity contribution in [2.75, 3.05) is 14.2 Å². The number of aliphatic hydroxyl groups is 1. The van der Waals surface area contributed by atoms with Crippen LogP contribution < -0.4 is 23.7 Å². The second-order valence-corrected chi connectivity index (χ2v) is 8.49. The van der Waals surface area contributed by atoms with E-state index in [4.69, 9.17) is 23.7 Å². The fraction of sp³-hybridized carbons (Fsp3) is 0.226. The molecule has 1 atom stereocenters. The zero-order valence-corrected chi connectivity index (χ0v) is 21.3. The number of rotatable bonds is 12. The number of aliphatic hydroxyl groups excluding tert-OH is 1. The lowest BCUT2D eigenvalue weighted by atomic mass is 10.1. The van der Waals surface area contributed by atoms with Gasteiger partial charge in [0.1, 0.15) is 30.8 Å². The summed E-state index contributed by atoms with van der Waals surface area (Å²) in [5, 5.41) is 9.21. The van der Waals surface area contributed by atoms with Crippen molar-refractivity contribution < 1.29 is 28.8 Å². The number of hydrogen-bond donors (Lipinski definition) is 1. The number of hydrogen-bond acceptors (Lipinski definition) is 6. The quantitative estimate of drug-likeness (QED) is 0.240. The van der Waals surface area contributed by atoms with Crippen LogP contribution in [0, 0.1) is 0 Å². The maximum atomic E-state index is 9.21. The van der Waals surface area contributed by atoms with E-state index in [1.54, 1.807) is 14.2 Å². The molecule has 0 aliphatic carbocycles. The Morgan fingerprint density at radius 2 is 1.27 bits per heavy atom. The summed E-state index contributed by atoms with van der Waals surface area (Å²) < 4.78 is 29.8. The molecule has 6 heteroatoms. The van der Waals surface area contributed by atoms with Gasteiger partial charge in [0.2, 0.25) is 5.75 Å². The molecule has 37 heavy (non-hydrogen) atoms. The van der Waals surface area contributed by atoms with Crippen LogP contribution in [0.3, 0.4) is 0 Å². The van der Waals surface area contributed by atoms with E-state index in [9.17, 15) is 5.11 Å². The van der Waals surface area contributed by atoms with Crippen LogP contribution in [0.2, 0.25) is 0 Å². The Kier molecular flexibility index (Phi) is 8.89. The predicted octanol–water partition coefficient (Wildman–Crippen LogP) is 6.49. The van der Waals surface area contributed by atoms with Crippen LogP contribution in [0.5, 0.6) is 28.7 Å². The van der Waals surface area contributed by atoms with E-state index in [0.29, 0.717) is 36.2 Å². The minimum Gasteiger partial charge on any atom is -0.493 e. The molecule has 0 saturated carbocycles. The van der Waals surface area contributed by atoms with E-state index in [2.05, 4.69) is 0 Å². The first-order valence-electron chi connectivity index (χ1n) is 12.1. The van der Waals surface area contributed by atoms with Crippen LogP contribution in [0.1, 0.15) is 35.3 Å². The van der Waals surface area contributed by atoms with Gasteiger partial charge in [-0.3, -0.25) is 0 Å². The Morgan fingerprint density at radius 1 is 0.649 bits per heavy atom. The summed E-state index contributed by atoms with van der Waals surface area (Å²) in [6, 6.07) is 29.0. The summed E-state index contributed by atoms with van der Waals surface area (Å²) in [5.41, 5.74) is 3.71. The van der Waals surface area contributed by atoms with E-state index in [0.717, 1.165) is 28.0 Å². The van der Waals surface area contributed by atoms with Gasteiger partial charge < -0.3 is 28.8 Å². The van der Waals surface area contributed by atoms with Gasteiger partial charge in [0.15, 0.2) is 11.5 Å². The molecule has 0 radical (unpaired) electrons. The van der Waals surface area contributed by atoms with Crippen molar-refractivity contribution in [2.24, 2.45) is 0 Å². The average Bonchev–Trinajstić information content (AvgIpc) is 2.96. The summed E-state index contributed by atoms with van der Waals surface area (Å²) in [7, 11) is 3.20. The second-order valence-electron chi connectivity index (χ2n) is 8.49. The van der Waals surface area contributed by atoms with E-state index >= 15 is 0 Å². The summed E-state index contributed by atoms with van der Waals surface area (Å²) in [5.74, 6) is 3.06. The third-order valence-corrected chi connectivity index (χ3v) is 5.92. The molecule has 0 spiro atoms. The minimum atomic E-state index is -0.332. The SMILES string of the molecule is COc1cc(COc2ccc(CO)cc2)cc(OC)c1OC(C)c1ccccc1OCc1ccccc1. The van der Waals surface area contributed by atoms with Gasteiger partial charge in [0.25, 0.3) is 0 Å². The van der Waals surface area contributed by atoms with Gasteiger partial charge in [-0.05, 0) is 53.9 Å². The molecule has 4 aromatic rings. The van der Waals surface area contributed by atoms with Gasteiger partial charge in [-0.1, -0.05) is 60.7 Å². The summed E-state index contributed by atoms with van der Waals surface area (Å²) in [6.45, 7) is 2.75. The minimum absolute atomic E-state index is 0.00180. The summed E-state index contributed by atoms with van der Waals surface area (Å²) in [6.07, 6.45) is -0.332. The van der Waals surface area contributed by atoms with Gasteiger partial charge in [0, 0.05) is 5.56 Å². The molecule has 0 aromatic heterocycles. The van der Waals surface area contributed by atoms with Gasteiger partial charge in [-0.15, -0.1) is 0 Å². The lowest BCUT2D eigenvalue weighted by Crippen LogP contribution is -2.09. The number of ether oxygens (including phenoxy) is 5. The molecule has 0 amide bonds. The molecule has 0 saturated heterocycles. The van der Waals surface area contributed by atoms with E-state index in [-0.39, 0.29) is 12.7 Å². The van der Waals surface area contributed by atoms with Gasteiger partial charge in [-0.2, -0.15) is 0 Å². The standard InChI is InChI=1S/C31H32O6/c1-22(27-11-7-8-12-28(27)36-20-24-9-5-4-6-10-24)37-31-29(33-2)17-25(18-30(31)34-3)21-35-26-15-13-23(19-32)14-16-26/h4-18,22,32H,19-21H2,1-3H3. The summed E-state index contributed by atoms with van der Waals surface area (Å²) in [4.78, 5) is 0. The molecular weight excluding hydrogens is 468 g/mol. The highest BCUT2D eigenvalue weighted by molar-refractivity contribution is 5.54. The molecular formula is C31H32O6. The molecule has 4 rings (SSSR count). The van der Waals surface area contributed by atoms with E-state index < -0.39 is 0 Å². The molecule has 0 fully saturated rings. The Hall–Kier alpha value is -4.16. The number of benzene rings is 4. The van der Waals surface area contributed by atoms with Gasteiger partial charge in [-0.25, -0.2) is 0 Å². The van der Waals surface area contributed by atoms with Crippen molar-refractivity contribution in [3.8, 4) is 28.7 Å². The van der Waals surface area contributed by atoms with Crippen LogP contribution in [-0.2, 0) is 19.8 Å². The highest BCUT2D eigenvalue weighted by Crippen LogP contribution is 2.42. The maximum absolute atomic E-state index is 9.21. The van der Waals surface area contributed by atoms with Crippen molar-refractivity contribution in [3.63, 3.8) is 0 Å². The largest absolute Gasteiger partial charge is 0.493 e. The molecule has 192 valence electrons. The van der Waals surface area contributed by atoms with Crippen LogP contribution in [0.4, 0.5) is 0 Å². The molecule has 1 N–H and O–H groups in total. The van der Waals surface area contributed by atoms with Crippen LogP contribution >= 0.6 is 0 Å². The number of methoxy groups -OCH3 is 2. The van der Waals surface area contributed by atoms with Crippen LogP contribution in [-0.4, -0.2) is 19.3 Å². The third-order valence-electron chi connectivity index (χ3n) is 5.92. The van der Waals surface area contributed by atoms with Crippen LogP contribution in [0.25, 0.3) is 0 Å². The van der Waals surface area contributed by atoms with Crippen molar-refractivity contribution in [2.45, 2.75) is 32.8 Å². The molecule has 0 bridgehead atoms. The Balaban J connectivity index is 1.50. The average molecular weight is 501 g/mol. The molecule has 0 aliphatic rings. The smallest absolute Gasteiger partial charge is 0.204 e. The summed E-state index contributed by atoms with van der Waals surface area (Å²) >= 11 is 0. The monoisotopic (exact) mass is 500 g/mol. The lowest BCUT2D eigenvalue weighted by Gasteiger charge is -2.22.